The fraction of sp³-hybridized carbons (Fsp3) is 0.333. The van der Waals surface area contributed by atoms with Gasteiger partial charge >= 0.3 is 12.0 Å². The molecule has 1 N–H and O–H groups in total. The minimum Gasteiger partial charge on any atom is -0.466 e. The molecule has 1 atom stereocenters. The molecule has 8 nitrogen and oxygen atoms in total. The molecule has 0 radical (unpaired) electrons. The van der Waals surface area contributed by atoms with E-state index < -0.39 is 6.04 Å². The highest BCUT2D eigenvalue weighted by Crippen LogP contribution is 2.19. The van der Waals surface area contributed by atoms with Crippen molar-refractivity contribution in [2.45, 2.75) is 32.7 Å². The van der Waals surface area contributed by atoms with Gasteiger partial charge in [0.25, 0.3) is 5.89 Å². The molecule has 3 rings (SSSR count). The molecule has 0 aliphatic heterocycles. The number of carbonyl (C=O) groups excluding carboxylic acids is 2. The minimum atomic E-state index is -0.483. The molecule has 168 valence electrons. The van der Waals surface area contributed by atoms with Crippen LogP contribution in [0, 0.1) is 6.92 Å². The average molecular weight is 437 g/mol. The van der Waals surface area contributed by atoms with Gasteiger partial charge < -0.3 is 19.5 Å². The second-order valence-electron chi connectivity index (χ2n) is 7.48. The number of carbonyl (C=O) groups is 2. The lowest BCUT2D eigenvalue weighted by atomic mass is 10.0. The van der Waals surface area contributed by atoms with Crippen LogP contribution in [0.5, 0.6) is 0 Å². The van der Waals surface area contributed by atoms with Crippen molar-refractivity contribution >= 4 is 12.0 Å². The van der Waals surface area contributed by atoms with Gasteiger partial charge in [0.1, 0.15) is 0 Å². The Kier molecular flexibility index (Phi) is 7.96. The number of nitrogens with one attached hydrogen (secondary N) is 1. The largest absolute Gasteiger partial charge is 0.466 e. The van der Waals surface area contributed by atoms with Gasteiger partial charge in [-0.3, -0.25) is 4.79 Å². The van der Waals surface area contributed by atoms with Gasteiger partial charge in [0.15, 0.2) is 5.82 Å². The standard InChI is InChI=1S/C24H28N4O4/c1-4-31-22(29)16-20(18-8-6-5-7-9-18)25-24(30)28(3)15-14-21-26-23(32-27-21)19-12-10-17(2)11-13-19/h5-13,20H,4,14-16H2,1-3H3,(H,25,30). The number of benzene rings is 2. The number of hydrogen-bond donors (Lipinski definition) is 1. The Hall–Kier alpha value is -3.68. The summed E-state index contributed by atoms with van der Waals surface area (Å²) in [6, 6.07) is 16.4. The second-order valence-corrected chi connectivity index (χ2v) is 7.48. The van der Waals surface area contributed by atoms with Crippen LogP contribution in [0.2, 0.25) is 0 Å². The lowest BCUT2D eigenvalue weighted by Gasteiger charge is -2.23. The Morgan fingerprint density at radius 3 is 2.53 bits per heavy atom. The van der Waals surface area contributed by atoms with Gasteiger partial charge in [-0.2, -0.15) is 4.98 Å². The topological polar surface area (TPSA) is 97.6 Å². The molecule has 2 aromatic carbocycles. The number of nitrogens with zero attached hydrogens (tertiary/aromatic N) is 3. The molecule has 0 aliphatic rings. The smallest absolute Gasteiger partial charge is 0.317 e. The molecule has 0 spiro atoms. The summed E-state index contributed by atoms with van der Waals surface area (Å²) in [5, 5.41) is 6.93. The van der Waals surface area contributed by atoms with E-state index in [9.17, 15) is 9.59 Å². The summed E-state index contributed by atoms with van der Waals surface area (Å²) in [5.41, 5.74) is 2.84. The van der Waals surface area contributed by atoms with Crippen LogP contribution < -0.4 is 5.32 Å². The molecular formula is C24H28N4O4. The highest BCUT2D eigenvalue weighted by atomic mass is 16.5. The molecular weight excluding hydrogens is 408 g/mol. The number of urea groups is 1. The maximum atomic E-state index is 12.7. The number of aromatic nitrogens is 2. The SMILES string of the molecule is CCOC(=O)CC(NC(=O)N(C)CCc1noc(-c2ccc(C)cc2)n1)c1ccccc1. The van der Waals surface area contributed by atoms with Crippen molar-refractivity contribution in [3.63, 3.8) is 0 Å². The van der Waals surface area contributed by atoms with Crippen LogP contribution in [0.3, 0.4) is 0 Å². The van der Waals surface area contributed by atoms with Crippen LogP contribution in [0.1, 0.15) is 36.3 Å². The van der Waals surface area contributed by atoms with Gasteiger partial charge in [0, 0.05) is 25.6 Å². The molecule has 1 unspecified atom stereocenters. The number of rotatable bonds is 9. The van der Waals surface area contributed by atoms with E-state index in [0.29, 0.717) is 31.3 Å². The molecule has 0 saturated heterocycles. The molecule has 0 aliphatic carbocycles. The summed E-state index contributed by atoms with van der Waals surface area (Å²) in [5.74, 6) is 0.608. The van der Waals surface area contributed by atoms with Crippen molar-refractivity contribution < 1.29 is 18.8 Å². The minimum absolute atomic E-state index is 0.0577. The predicted octanol–water partition coefficient (Wildman–Crippen LogP) is 3.92. The third kappa shape index (κ3) is 6.41. The maximum Gasteiger partial charge on any atom is 0.317 e. The van der Waals surface area contributed by atoms with E-state index in [1.165, 1.54) is 4.90 Å². The Bertz CT molecular complexity index is 1020. The lowest BCUT2D eigenvalue weighted by molar-refractivity contribution is -0.143. The van der Waals surface area contributed by atoms with Crippen molar-refractivity contribution in [2.24, 2.45) is 0 Å². The van der Waals surface area contributed by atoms with Crippen LogP contribution in [0.4, 0.5) is 4.79 Å². The first kappa shape index (κ1) is 23.0. The first-order valence-electron chi connectivity index (χ1n) is 10.6. The van der Waals surface area contributed by atoms with E-state index in [2.05, 4.69) is 15.5 Å². The van der Waals surface area contributed by atoms with E-state index in [1.807, 2.05) is 61.5 Å². The van der Waals surface area contributed by atoms with Crippen molar-refractivity contribution in [3.05, 3.63) is 71.5 Å². The summed E-state index contributed by atoms with van der Waals surface area (Å²) in [6.45, 7) is 4.45. The van der Waals surface area contributed by atoms with E-state index >= 15 is 0 Å². The van der Waals surface area contributed by atoms with E-state index in [1.54, 1.807) is 14.0 Å². The number of ether oxygens (including phenoxy) is 1. The monoisotopic (exact) mass is 436 g/mol. The number of esters is 1. The molecule has 1 heterocycles. The van der Waals surface area contributed by atoms with E-state index in [4.69, 9.17) is 9.26 Å². The molecule has 8 heteroatoms. The quantitative estimate of drug-likeness (QED) is 0.511. The molecule has 0 fully saturated rings. The molecule has 0 saturated carbocycles. The fourth-order valence-corrected chi connectivity index (χ4v) is 3.12. The van der Waals surface area contributed by atoms with Gasteiger partial charge in [0.2, 0.25) is 0 Å². The number of aryl methyl sites for hydroxylation is 1. The van der Waals surface area contributed by atoms with Crippen molar-refractivity contribution in [3.8, 4) is 11.5 Å². The van der Waals surface area contributed by atoms with Gasteiger partial charge in [-0.1, -0.05) is 53.2 Å². The van der Waals surface area contributed by atoms with Gasteiger partial charge in [-0.25, -0.2) is 4.79 Å². The second kappa shape index (κ2) is 11.1. The highest BCUT2D eigenvalue weighted by molar-refractivity contribution is 5.76. The summed E-state index contributed by atoms with van der Waals surface area (Å²) in [7, 11) is 1.68. The molecule has 32 heavy (non-hydrogen) atoms. The number of amides is 2. The van der Waals surface area contributed by atoms with Crippen LogP contribution in [0.15, 0.2) is 59.1 Å². The van der Waals surface area contributed by atoms with Crippen LogP contribution >= 0.6 is 0 Å². The molecule has 1 aromatic heterocycles. The Morgan fingerprint density at radius 1 is 1.12 bits per heavy atom. The lowest BCUT2D eigenvalue weighted by Crippen LogP contribution is -2.41. The van der Waals surface area contributed by atoms with Crippen LogP contribution in [-0.2, 0) is 16.0 Å². The molecule has 0 bridgehead atoms. The third-order valence-corrected chi connectivity index (χ3v) is 4.96. The van der Waals surface area contributed by atoms with Crippen molar-refractivity contribution in [1.29, 1.82) is 0 Å². The van der Waals surface area contributed by atoms with Crippen LogP contribution in [0.25, 0.3) is 11.5 Å². The summed E-state index contributed by atoms with van der Waals surface area (Å²) < 4.78 is 10.4. The van der Waals surface area contributed by atoms with Crippen LogP contribution in [-0.4, -0.2) is 47.2 Å². The normalized spacial score (nSPS) is 11.6. The maximum absolute atomic E-state index is 12.7. The van der Waals surface area contributed by atoms with Gasteiger partial charge in [0.05, 0.1) is 19.1 Å². The van der Waals surface area contributed by atoms with Gasteiger partial charge in [-0.15, -0.1) is 0 Å². The number of hydrogen-bond acceptors (Lipinski definition) is 6. The predicted molar refractivity (Wildman–Crippen MR) is 120 cm³/mol. The summed E-state index contributed by atoms with van der Waals surface area (Å²) >= 11 is 0. The highest BCUT2D eigenvalue weighted by Gasteiger charge is 2.21. The van der Waals surface area contributed by atoms with E-state index in [-0.39, 0.29) is 18.4 Å². The zero-order valence-electron chi connectivity index (χ0n) is 18.6. The fourth-order valence-electron chi connectivity index (χ4n) is 3.12. The van der Waals surface area contributed by atoms with Crippen molar-refractivity contribution in [1.82, 2.24) is 20.4 Å². The molecule has 2 amide bonds. The zero-order chi connectivity index (χ0) is 22.9. The number of likely N-dealkylation sites (N-methyl/N-ethyl adjacent to an activating group) is 1. The van der Waals surface area contributed by atoms with Gasteiger partial charge in [-0.05, 0) is 31.5 Å². The van der Waals surface area contributed by atoms with Crippen molar-refractivity contribution in [2.75, 3.05) is 20.2 Å². The Morgan fingerprint density at radius 2 is 1.84 bits per heavy atom. The Labute approximate surface area is 187 Å². The average Bonchev–Trinajstić information content (AvgIpc) is 3.27. The third-order valence-electron chi connectivity index (χ3n) is 4.96. The zero-order valence-corrected chi connectivity index (χ0v) is 18.6. The van der Waals surface area contributed by atoms with E-state index in [0.717, 1.165) is 16.7 Å². The molecule has 3 aromatic rings. The first-order chi connectivity index (χ1) is 15.5. The summed E-state index contributed by atoms with van der Waals surface area (Å²) in [6.07, 6.45) is 0.495. The summed E-state index contributed by atoms with van der Waals surface area (Å²) in [4.78, 5) is 30.7. The first-order valence-corrected chi connectivity index (χ1v) is 10.6. The Balaban J connectivity index is 1.58.